The smallest absolute Gasteiger partial charge is 0.244 e. The Bertz CT molecular complexity index is 281. The SMILES string of the molecule is CN(C(=O)CN=C(N)N)C1CN(C=O)C1. The Morgan fingerprint density at radius 1 is 1.60 bits per heavy atom. The van der Waals surface area contributed by atoms with E-state index in [1.807, 2.05) is 0 Å². The number of nitrogens with zero attached hydrogens (tertiary/aromatic N) is 3. The summed E-state index contributed by atoms with van der Waals surface area (Å²) < 4.78 is 0. The molecule has 15 heavy (non-hydrogen) atoms. The molecule has 0 radical (unpaired) electrons. The molecule has 7 heteroatoms. The molecule has 4 N–H and O–H groups in total. The molecule has 0 aromatic rings. The number of rotatable bonds is 4. The summed E-state index contributed by atoms with van der Waals surface area (Å²) in [6, 6.07) is 0.0805. The van der Waals surface area contributed by atoms with Crippen molar-refractivity contribution in [3.05, 3.63) is 0 Å². The second-order valence-corrected chi connectivity index (χ2v) is 3.46. The molecule has 7 nitrogen and oxygen atoms in total. The second kappa shape index (κ2) is 4.63. The Morgan fingerprint density at radius 2 is 2.20 bits per heavy atom. The standard InChI is InChI=1S/C8H15N5O2/c1-12(6-3-13(4-6)5-14)7(15)2-11-8(9)10/h5-6H,2-4H2,1H3,(H4,9,10,11). The van der Waals surface area contributed by atoms with E-state index in [-0.39, 0.29) is 24.5 Å². The quantitative estimate of drug-likeness (QED) is 0.307. The zero-order valence-electron chi connectivity index (χ0n) is 8.59. The summed E-state index contributed by atoms with van der Waals surface area (Å²) in [6.07, 6.45) is 0.769. The number of likely N-dealkylation sites (tertiary alicyclic amines) is 1. The lowest BCUT2D eigenvalue weighted by molar-refractivity contribution is -0.137. The molecule has 2 amide bonds. The van der Waals surface area contributed by atoms with Crippen LogP contribution in [0.5, 0.6) is 0 Å². The lowest BCUT2D eigenvalue weighted by atomic mass is 10.1. The fourth-order valence-corrected chi connectivity index (χ4v) is 1.29. The van der Waals surface area contributed by atoms with Gasteiger partial charge < -0.3 is 21.3 Å². The van der Waals surface area contributed by atoms with Crippen LogP contribution in [0.2, 0.25) is 0 Å². The van der Waals surface area contributed by atoms with Crippen molar-refractivity contribution >= 4 is 18.3 Å². The molecule has 1 aliphatic heterocycles. The first-order valence-corrected chi connectivity index (χ1v) is 4.55. The molecule has 0 aromatic heterocycles. The Hall–Kier alpha value is -1.79. The molecule has 0 aromatic carbocycles. The van der Waals surface area contributed by atoms with Crippen LogP contribution in [0, 0.1) is 0 Å². The molecule has 0 atom stereocenters. The van der Waals surface area contributed by atoms with Gasteiger partial charge in [0.25, 0.3) is 0 Å². The number of nitrogens with two attached hydrogens (primary N) is 2. The summed E-state index contributed by atoms with van der Waals surface area (Å²) in [5.74, 6) is -0.251. The predicted molar refractivity (Wildman–Crippen MR) is 54.9 cm³/mol. The molecule has 84 valence electrons. The maximum absolute atomic E-state index is 11.5. The van der Waals surface area contributed by atoms with E-state index >= 15 is 0 Å². The highest BCUT2D eigenvalue weighted by Gasteiger charge is 2.31. The summed E-state index contributed by atoms with van der Waals surface area (Å²) in [5.41, 5.74) is 10.2. The van der Waals surface area contributed by atoms with Crippen molar-refractivity contribution in [1.82, 2.24) is 9.80 Å². The molecule has 0 unspecified atom stereocenters. The van der Waals surface area contributed by atoms with E-state index in [0.717, 1.165) is 6.41 Å². The zero-order chi connectivity index (χ0) is 11.4. The van der Waals surface area contributed by atoms with Gasteiger partial charge in [0.05, 0.1) is 6.04 Å². The van der Waals surface area contributed by atoms with Crippen LogP contribution in [0.25, 0.3) is 0 Å². The minimum atomic E-state index is -0.154. The molecular weight excluding hydrogens is 198 g/mol. The van der Waals surface area contributed by atoms with Gasteiger partial charge in [0.15, 0.2) is 5.96 Å². The summed E-state index contributed by atoms with van der Waals surface area (Å²) in [5, 5.41) is 0. The molecule has 0 spiro atoms. The van der Waals surface area contributed by atoms with E-state index in [4.69, 9.17) is 11.5 Å². The third kappa shape index (κ3) is 2.83. The van der Waals surface area contributed by atoms with Crippen LogP contribution in [0.4, 0.5) is 0 Å². The highest BCUT2D eigenvalue weighted by Crippen LogP contribution is 2.11. The van der Waals surface area contributed by atoms with Crippen molar-refractivity contribution in [3.8, 4) is 0 Å². The number of likely N-dealkylation sites (N-methyl/N-ethyl adjacent to an activating group) is 1. The average molecular weight is 213 g/mol. The minimum absolute atomic E-state index is 0.0452. The highest BCUT2D eigenvalue weighted by molar-refractivity contribution is 5.83. The van der Waals surface area contributed by atoms with E-state index in [0.29, 0.717) is 13.1 Å². The maximum Gasteiger partial charge on any atom is 0.244 e. The monoisotopic (exact) mass is 213 g/mol. The first-order valence-electron chi connectivity index (χ1n) is 4.55. The number of amides is 2. The molecule has 1 aliphatic rings. The Balaban J connectivity index is 2.34. The lowest BCUT2D eigenvalue weighted by Crippen LogP contribution is -2.59. The number of hydrogen-bond donors (Lipinski definition) is 2. The van der Waals surface area contributed by atoms with Gasteiger partial charge in [-0.3, -0.25) is 9.59 Å². The fourth-order valence-electron chi connectivity index (χ4n) is 1.29. The minimum Gasteiger partial charge on any atom is -0.370 e. The van der Waals surface area contributed by atoms with Gasteiger partial charge in [-0.05, 0) is 0 Å². The van der Waals surface area contributed by atoms with Crippen LogP contribution >= 0.6 is 0 Å². The Labute approximate surface area is 87.7 Å². The molecule has 0 aliphatic carbocycles. The molecule has 0 saturated carbocycles. The van der Waals surface area contributed by atoms with E-state index in [9.17, 15) is 9.59 Å². The topological polar surface area (TPSA) is 105 Å². The molecule has 1 saturated heterocycles. The van der Waals surface area contributed by atoms with Gasteiger partial charge in [0.1, 0.15) is 6.54 Å². The number of hydrogen-bond acceptors (Lipinski definition) is 3. The van der Waals surface area contributed by atoms with Crippen LogP contribution in [-0.4, -0.2) is 60.8 Å². The molecule has 1 rings (SSSR count). The van der Waals surface area contributed by atoms with Crippen LogP contribution in [0.15, 0.2) is 4.99 Å². The van der Waals surface area contributed by atoms with Crippen molar-refractivity contribution < 1.29 is 9.59 Å². The summed E-state index contributed by atoms with van der Waals surface area (Å²) >= 11 is 0. The second-order valence-electron chi connectivity index (χ2n) is 3.46. The number of aliphatic imine (C=N–C) groups is 1. The summed E-state index contributed by atoms with van der Waals surface area (Å²) in [7, 11) is 1.68. The van der Waals surface area contributed by atoms with Gasteiger partial charge >= 0.3 is 0 Å². The number of carbonyl (C=O) groups excluding carboxylic acids is 2. The van der Waals surface area contributed by atoms with E-state index in [1.165, 1.54) is 0 Å². The molecule has 1 heterocycles. The largest absolute Gasteiger partial charge is 0.370 e. The molecule has 0 bridgehead atoms. The van der Waals surface area contributed by atoms with Crippen LogP contribution in [0.3, 0.4) is 0 Å². The van der Waals surface area contributed by atoms with Crippen molar-refractivity contribution in [3.63, 3.8) is 0 Å². The highest BCUT2D eigenvalue weighted by atomic mass is 16.2. The first kappa shape index (κ1) is 11.3. The van der Waals surface area contributed by atoms with Gasteiger partial charge in [-0.2, -0.15) is 0 Å². The summed E-state index contributed by atoms with van der Waals surface area (Å²) in [6.45, 7) is 1.11. The van der Waals surface area contributed by atoms with Gasteiger partial charge in [0.2, 0.25) is 12.3 Å². The number of carbonyl (C=O) groups is 2. The third-order valence-electron chi connectivity index (χ3n) is 2.38. The third-order valence-corrected chi connectivity index (χ3v) is 2.38. The average Bonchev–Trinajstić information content (AvgIpc) is 2.12. The fraction of sp³-hybridized carbons (Fsp3) is 0.625. The predicted octanol–water partition coefficient (Wildman–Crippen LogP) is -2.44. The van der Waals surface area contributed by atoms with Crippen molar-refractivity contribution in [1.29, 1.82) is 0 Å². The van der Waals surface area contributed by atoms with Gasteiger partial charge in [-0.25, -0.2) is 4.99 Å². The van der Waals surface area contributed by atoms with Crippen molar-refractivity contribution in [2.75, 3.05) is 26.7 Å². The van der Waals surface area contributed by atoms with E-state index < -0.39 is 0 Å². The molecule has 1 fully saturated rings. The van der Waals surface area contributed by atoms with E-state index in [2.05, 4.69) is 4.99 Å². The van der Waals surface area contributed by atoms with Crippen LogP contribution < -0.4 is 11.5 Å². The lowest BCUT2D eigenvalue weighted by Gasteiger charge is -2.41. The normalized spacial score (nSPS) is 15.4. The first-order chi connectivity index (χ1) is 7.04. The van der Waals surface area contributed by atoms with Gasteiger partial charge in [-0.1, -0.05) is 0 Å². The van der Waals surface area contributed by atoms with Crippen molar-refractivity contribution in [2.24, 2.45) is 16.5 Å². The summed E-state index contributed by atoms with van der Waals surface area (Å²) in [4.78, 5) is 28.6. The van der Waals surface area contributed by atoms with E-state index in [1.54, 1.807) is 16.8 Å². The van der Waals surface area contributed by atoms with Gasteiger partial charge in [0, 0.05) is 20.1 Å². The Kier molecular flexibility index (Phi) is 3.48. The Morgan fingerprint density at radius 3 is 2.67 bits per heavy atom. The van der Waals surface area contributed by atoms with Crippen LogP contribution in [0.1, 0.15) is 0 Å². The number of guanidine groups is 1. The maximum atomic E-state index is 11.5. The van der Waals surface area contributed by atoms with Crippen LogP contribution in [-0.2, 0) is 9.59 Å². The van der Waals surface area contributed by atoms with Crippen molar-refractivity contribution in [2.45, 2.75) is 6.04 Å². The van der Waals surface area contributed by atoms with Gasteiger partial charge in [-0.15, -0.1) is 0 Å². The zero-order valence-corrected chi connectivity index (χ0v) is 8.59. The molecular formula is C8H15N5O2.